The van der Waals surface area contributed by atoms with E-state index in [2.05, 4.69) is 9.72 Å². The summed E-state index contributed by atoms with van der Waals surface area (Å²) >= 11 is 4.93. The number of methoxy groups -OCH3 is 1. The van der Waals surface area contributed by atoms with Crippen molar-refractivity contribution in [2.45, 2.75) is 13.5 Å². The molecule has 1 aromatic rings. The van der Waals surface area contributed by atoms with Crippen molar-refractivity contribution >= 4 is 18.2 Å². The first-order valence-electron chi connectivity index (χ1n) is 3.92. The van der Waals surface area contributed by atoms with Gasteiger partial charge in [-0.05, 0) is 13.0 Å². The lowest BCUT2D eigenvalue weighted by Gasteiger charge is -2.04. The number of nitrogens with zero attached hydrogens (tertiary/aromatic N) is 1. The van der Waals surface area contributed by atoms with Gasteiger partial charge in [0.05, 0.1) is 7.11 Å². The molecule has 0 radical (unpaired) electrons. The number of aryl methyl sites for hydroxylation is 1. The zero-order valence-corrected chi connectivity index (χ0v) is 8.68. The Kier molecular flexibility index (Phi) is 3.19. The first-order valence-corrected chi connectivity index (χ1v) is 4.33. The number of nitrogens with one attached hydrogen (secondary N) is 1. The Morgan fingerprint density at radius 3 is 2.86 bits per heavy atom. The maximum absolute atomic E-state index is 11.3. The SMILES string of the molecule is COC(=O)Cn1c(=S)cc(C)[nH]c1=O. The van der Waals surface area contributed by atoms with E-state index in [1.165, 1.54) is 7.11 Å². The van der Waals surface area contributed by atoms with Crippen LogP contribution in [0.25, 0.3) is 0 Å². The number of aromatic amines is 1. The minimum Gasteiger partial charge on any atom is -0.468 e. The third kappa shape index (κ3) is 2.29. The Hall–Kier alpha value is -1.43. The fraction of sp³-hybridized carbons (Fsp3) is 0.375. The Morgan fingerprint density at radius 2 is 2.36 bits per heavy atom. The monoisotopic (exact) mass is 214 g/mol. The molecule has 14 heavy (non-hydrogen) atoms. The Balaban J connectivity index is 3.16. The number of carbonyl (C=O) groups excluding carboxylic acids is 1. The molecule has 0 fully saturated rings. The summed E-state index contributed by atoms with van der Waals surface area (Å²) in [5, 5.41) is 0. The molecule has 0 aliphatic carbocycles. The molecule has 0 atom stereocenters. The molecule has 5 nitrogen and oxygen atoms in total. The summed E-state index contributed by atoms with van der Waals surface area (Å²) in [5.74, 6) is -0.504. The second kappa shape index (κ2) is 4.19. The van der Waals surface area contributed by atoms with Crippen molar-refractivity contribution in [3.05, 3.63) is 26.9 Å². The van der Waals surface area contributed by atoms with Crippen molar-refractivity contribution in [3.63, 3.8) is 0 Å². The maximum atomic E-state index is 11.3. The molecular weight excluding hydrogens is 204 g/mol. The van der Waals surface area contributed by atoms with Crippen LogP contribution in [0, 0.1) is 11.6 Å². The molecule has 1 N–H and O–H groups in total. The van der Waals surface area contributed by atoms with Crippen molar-refractivity contribution < 1.29 is 9.53 Å². The van der Waals surface area contributed by atoms with Crippen LogP contribution < -0.4 is 5.69 Å². The van der Waals surface area contributed by atoms with Gasteiger partial charge in [-0.2, -0.15) is 0 Å². The highest BCUT2D eigenvalue weighted by Crippen LogP contribution is 1.92. The van der Waals surface area contributed by atoms with Crippen molar-refractivity contribution in [3.8, 4) is 0 Å². The highest BCUT2D eigenvalue weighted by atomic mass is 32.1. The molecule has 0 amide bonds. The highest BCUT2D eigenvalue weighted by molar-refractivity contribution is 7.71. The van der Waals surface area contributed by atoms with Gasteiger partial charge in [0.25, 0.3) is 0 Å². The first kappa shape index (κ1) is 10.6. The predicted molar refractivity (Wildman–Crippen MR) is 52.6 cm³/mol. The van der Waals surface area contributed by atoms with Gasteiger partial charge in [-0.15, -0.1) is 0 Å². The van der Waals surface area contributed by atoms with Crippen LogP contribution in [-0.2, 0) is 16.1 Å². The lowest BCUT2D eigenvalue weighted by molar-refractivity contribution is -0.141. The van der Waals surface area contributed by atoms with Crippen LogP contribution in [0.4, 0.5) is 0 Å². The molecule has 0 spiro atoms. The quantitative estimate of drug-likeness (QED) is 0.571. The fourth-order valence-corrected chi connectivity index (χ4v) is 1.30. The molecule has 6 heteroatoms. The van der Waals surface area contributed by atoms with Crippen LogP contribution in [0.1, 0.15) is 5.69 Å². The third-order valence-corrected chi connectivity index (χ3v) is 2.01. The summed E-state index contributed by atoms with van der Waals surface area (Å²) in [6.07, 6.45) is 0. The molecule has 0 saturated heterocycles. The summed E-state index contributed by atoms with van der Waals surface area (Å²) in [5.41, 5.74) is 0.265. The number of aromatic nitrogens is 2. The molecule has 0 aliphatic rings. The minimum atomic E-state index is -0.504. The van der Waals surface area contributed by atoms with Crippen LogP contribution in [0.5, 0.6) is 0 Å². The first-order chi connectivity index (χ1) is 6.54. The van der Waals surface area contributed by atoms with Gasteiger partial charge in [-0.1, -0.05) is 12.2 Å². The molecule has 1 rings (SSSR count). The van der Waals surface area contributed by atoms with Crippen LogP contribution in [0.15, 0.2) is 10.9 Å². The molecule has 76 valence electrons. The Morgan fingerprint density at radius 1 is 1.71 bits per heavy atom. The number of hydrogen-bond acceptors (Lipinski definition) is 4. The molecular formula is C8H10N2O3S. The van der Waals surface area contributed by atoms with Gasteiger partial charge >= 0.3 is 11.7 Å². The second-order valence-electron chi connectivity index (χ2n) is 2.76. The zero-order valence-electron chi connectivity index (χ0n) is 7.86. The number of rotatable bonds is 2. The number of H-pyrrole nitrogens is 1. The normalized spacial score (nSPS) is 9.86. The van der Waals surface area contributed by atoms with Crippen LogP contribution in [0.3, 0.4) is 0 Å². The van der Waals surface area contributed by atoms with Gasteiger partial charge < -0.3 is 9.72 Å². The minimum absolute atomic E-state index is 0.162. The summed E-state index contributed by atoms with van der Waals surface area (Å²) in [7, 11) is 1.26. The number of carbonyl (C=O) groups is 1. The lowest BCUT2D eigenvalue weighted by atomic mass is 10.4. The van der Waals surface area contributed by atoms with E-state index in [1.807, 2.05) is 0 Å². The Labute approximate surface area is 85.3 Å². The molecule has 1 aromatic heterocycles. The standard InChI is InChI=1S/C8H10N2O3S/c1-5-3-6(14)10(8(12)9-5)4-7(11)13-2/h3H,4H2,1-2H3,(H,9,12). The Bertz CT molecular complexity index is 429. The van der Waals surface area contributed by atoms with Crippen LogP contribution >= 0.6 is 12.2 Å². The molecule has 1 heterocycles. The fourth-order valence-electron chi connectivity index (χ4n) is 0.979. The third-order valence-electron chi connectivity index (χ3n) is 1.67. The largest absolute Gasteiger partial charge is 0.468 e. The van der Waals surface area contributed by atoms with Gasteiger partial charge in [0.2, 0.25) is 0 Å². The number of ether oxygens (including phenoxy) is 1. The number of hydrogen-bond donors (Lipinski definition) is 1. The molecule has 0 unspecified atom stereocenters. The summed E-state index contributed by atoms with van der Waals surface area (Å²) in [4.78, 5) is 24.8. The van der Waals surface area contributed by atoms with Crippen molar-refractivity contribution in [1.29, 1.82) is 0 Å². The van der Waals surface area contributed by atoms with Gasteiger partial charge in [0, 0.05) is 5.69 Å². The van der Waals surface area contributed by atoms with Crippen LogP contribution in [0.2, 0.25) is 0 Å². The van der Waals surface area contributed by atoms with Crippen LogP contribution in [-0.4, -0.2) is 22.6 Å². The van der Waals surface area contributed by atoms with E-state index in [-0.39, 0.29) is 6.54 Å². The van der Waals surface area contributed by atoms with Gasteiger partial charge in [0.15, 0.2) is 0 Å². The highest BCUT2D eigenvalue weighted by Gasteiger charge is 2.05. The molecule has 0 aliphatic heterocycles. The zero-order chi connectivity index (χ0) is 10.7. The topological polar surface area (TPSA) is 64.1 Å². The molecule has 0 aromatic carbocycles. The van der Waals surface area contributed by atoms with Crippen molar-refractivity contribution in [1.82, 2.24) is 9.55 Å². The second-order valence-corrected chi connectivity index (χ2v) is 3.18. The van der Waals surface area contributed by atoms with Gasteiger partial charge in [-0.25, -0.2) is 4.79 Å². The van der Waals surface area contributed by atoms with Gasteiger partial charge in [-0.3, -0.25) is 9.36 Å². The van der Waals surface area contributed by atoms with E-state index in [9.17, 15) is 9.59 Å². The van der Waals surface area contributed by atoms with E-state index in [0.717, 1.165) is 4.57 Å². The van der Waals surface area contributed by atoms with E-state index < -0.39 is 11.7 Å². The number of esters is 1. The van der Waals surface area contributed by atoms with E-state index in [0.29, 0.717) is 10.3 Å². The smallest absolute Gasteiger partial charge is 0.327 e. The van der Waals surface area contributed by atoms with Gasteiger partial charge in [0.1, 0.15) is 11.2 Å². The lowest BCUT2D eigenvalue weighted by Crippen LogP contribution is -2.27. The van der Waals surface area contributed by atoms with E-state index >= 15 is 0 Å². The molecule has 0 saturated carbocycles. The van der Waals surface area contributed by atoms with E-state index in [1.54, 1.807) is 13.0 Å². The van der Waals surface area contributed by atoms with E-state index in [4.69, 9.17) is 12.2 Å². The van der Waals surface area contributed by atoms with Crippen molar-refractivity contribution in [2.75, 3.05) is 7.11 Å². The maximum Gasteiger partial charge on any atom is 0.327 e. The summed E-state index contributed by atoms with van der Waals surface area (Å²) < 4.78 is 5.90. The van der Waals surface area contributed by atoms with Crippen molar-refractivity contribution in [2.24, 2.45) is 0 Å². The average molecular weight is 214 g/mol. The summed E-state index contributed by atoms with van der Waals surface area (Å²) in [6.45, 7) is 1.56. The molecule has 0 bridgehead atoms. The summed E-state index contributed by atoms with van der Waals surface area (Å²) in [6, 6.07) is 1.61. The predicted octanol–water partition coefficient (Wildman–Crippen LogP) is 0.387. The average Bonchev–Trinajstić information content (AvgIpc) is 2.10.